The maximum Gasteiger partial charge on any atom is 0.119 e. The van der Waals surface area contributed by atoms with Crippen molar-refractivity contribution in [3.63, 3.8) is 0 Å². The van der Waals surface area contributed by atoms with Gasteiger partial charge in [-0.25, -0.2) is 0 Å². The molecule has 1 aliphatic carbocycles. The fourth-order valence-electron chi connectivity index (χ4n) is 2.38. The van der Waals surface area contributed by atoms with Crippen LogP contribution < -0.4 is 4.74 Å². The average Bonchev–Trinajstić information content (AvgIpc) is 2.40. The van der Waals surface area contributed by atoms with Crippen LogP contribution in [-0.2, 0) is 0 Å². The molecule has 1 atom stereocenters. The monoisotopic (exact) mass is 234 g/mol. The Morgan fingerprint density at radius 1 is 1.18 bits per heavy atom. The number of aliphatic hydroxyl groups excluding tert-OH is 1. The second-order valence-electron chi connectivity index (χ2n) is 4.87. The highest BCUT2D eigenvalue weighted by Gasteiger charge is 2.14. The van der Waals surface area contributed by atoms with Gasteiger partial charge in [0.25, 0.3) is 0 Å². The predicted molar refractivity (Wildman–Crippen MR) is 69.2 cm³/mol. The summed E-state index contributed by atoms with van der Waals surface area (Å²) in [5.41, 5.74) is 0.975. The first-order valence-electron chi connectivity index (χ1n) is 6.74. The van der Waals surface area contributed by atoms with Gasteiger partial charge in [-0.15, -0.1) is 0 Å². The number of rotatable bonds is 4. The summed E-state index contributed by atoms with van der Waals surface area (Å²) in [6.07, 6.45) is 7.09. The van der Waals surface area contributed by atoms with Crippen molar-refractivity contribution in [1.29, 1.82) is 0 Å². The minimum atomic E-state index is -0.348. The lowest BCUT2D eigenvalue weighted by molar-refractivity contribution is 0.154. The third kappa shape index (κ3) is 3.47. The zero-order chi connectivity index (χ0) is 12.1. The Balaban J connectivity index is 1.93. The molecule has 17 heavy (non-hydrogen) atoms. The molecule has 1 N–H and O–H groups in total. The highest BCUT2D eigenvalue weighted by molar-refractivity contribution is 5.28. The van der Waals surface area contributed by atoms with E-state index in [0.717, 1.165) is 17.7 Å². The second kappa shape index (κ2) is 6.06. The Morgan fingerprint density at radius 2 is 1.82 bits per heavy atom. The van der Waals surface area contributed by atoms with Gasteiger partial charge in [0.2, 0.25) is 0 Å². The van der Waals surface area contributed by atoms with Gasteiger partial charge in [-0.2, -0.15) is 0 Å². The molecule has 2 heteroatoms. The fourth-order valence-corrected chi connectivity index (χ4v) is 2.38. The first-order valence-corrected chi connectivity index (χ1v) is 6.74. The quantitative estimate of drug-likeness (QED) is 0.857. The molecule has 0 saturated heterocycles. The molecule has 1 aromatic carbocycles. The average molecular weight is 234 g/mol. The maximum absolute atomic E-state index is 9.70. The largest absolute Gasteiger partial charge is 0.490 e. The van der Waals surface area contributed by atoms with Crippen molar-refractivity contribution >= 4 is 0 Å². The lowest BCUT2D eigenvalue weighted by atomic mass is 9.98. The molecular formula is C15H22O2. The van der Waals surface area contributed by atoms with E-state index < -0.39 is 0 Å². The van der Waals surface area contributed by atoms with E-state index in [1.165, 1.54) is 32.1 Å². The third-order valence-corrected chi connectivity index (χ3v) is 3.51. The summed E-state index contributed by atoms with van der Waals surface area (Å²) >= 11 is 0. The van der Waals surface area contributed by atoms with Gasteiger partial charge < -0.3 is 9.84 Å². The highest BCUT2D eigenvalue weighted by Crippen LogP contribution is 2.25. The summed E-state index contributed by atoms with van der Waals surface area (Å²) in [4.78, 5) is 0. The van der Waals surface area contributed by atoms with Crippen LogP contribution in [0, 0.1) is 0 Å². The van der Waals surface area contributed by atoms with Crippen molar-refractivity contribution in [3.05, 3.63) is 29.8 Å². The Bertz CT molecular complexity index is 325. The van der Waals surface area contributed by atoms with Gasteiger partial charge in [-0.1, -0.05) is 25.5 Å². The van der Waals surface area contributed by atoms with Crippen molar-refractivity contribution in [2.75, 3.05) is 0 Å². The Kier molecular flexibility index (Phi) is 4.43. The number of hydrogen-bond acceptors (Lipinski definition) is 2. The zero-order valence-electron chi connectivity index (χ0n) is 10.6. The van der Waals surface area contributed by atoms with E-state index in [1.54, 1.807) is 0 Å². The Morgan fingerprint density at radius 3 is 2.41 bits per heavy atom. The summed E-state index contributed by atoms with van der Waals surface area (Å²) in [6.45, 7) is 1.98. The van der Waals surface area contributed by atoms with Gasteiger partial charge in [-0.3, -0.25) is 0 Å². The van der Waals surface area contributed by atoms with Gasteiger partial charge in [-0.05, 0) is 49.8 Å². The van der Waals surface area contributed by atoms with E-state index in [9.17, 15) is 5.11 Å². The van der Waals surface area contributed by atoms with E-state index in [2.05, 4.69) is 0 Å². The maximum atomic E-state index is 9.70. The molecule has 0 amide bonds. The predicted octanol–water partition coefficient (Wildman–Crippen LogP) is 3.84. The Labute approximate surface area is 104 Å². The molecular weight excluding hydrogens is 212 g/mol. The summed E-state index contributed by atoms with van der Waals surface area (Å²) in [5, 5.41) is 9.70. The molecule has 0 aromatic heterocycles. The van der Waals surface area contributed by atoms with Crippen LogP contribution in [0.3, 0.4) is 0 Å². The molecule has 2 rings (SSSR count). The molecule has 0 heterocycles. The molecule has 1 saturated carbocycles. The normalized spacial score (nSPS) is 18.9. The minimum absolute atomic E-state index is 0.348. The number of aliphatic hydroxyl groups is 1. The van der Waals surface area contributed by atoms with E-state index in [1.807, 2.05) is 31.2 Å². The van der Waals surface area contributed by atoms with E-state index in [-0.39, 0.29) is 6.10 Å². The van der Waals surface area contributed by atoms with Crippen LogP contribution in [0.15, 0.2) is 24.3 Å². The molecule has 1 aromatic rings. The highest BCUT2D eigenvalue weighted by atomic mass is 16.5. The van der Waals surface area contributed by atoms with E-state index >= 15 is 0 Å². The standard InChI is InChI=1S/C15H22O2/c1-2-15(16)12-8-10-14(11-9-12)17-13-6-4-3-5-7-13/h8-11,13,15-16H,2-7H2,1H3/t15-/m1/s1. The van der Waals surface area contributed by atoms with Crippen LogP contribution in [0.2, 0.25) is 0 Å². The lowest BCUT2D eigenvalue weighted by Crippen LogP contribution is -2.19. The lowest BCUT2D eigenvalue weighted by Gasteiger charge is -2.23. The van der Waals surface area contributed by atoms with Crippen LogP contribution in [0.4, 0.5) is 0 Å². The zero-order valence-corrected chi connectivity index (χ0v) is 10.6. The fraction of sp³-hybridized carbons (Fsp3) is 0.600. The van der Waals surface area contributed by atoms with Crippen molar-refractivity contribution in [1.82, 2.24) is 0 Å². The van der Waals surface area contributed by atoms with Crippen molar-refractivity contribution in [2.24, 2.45) is 0 Å². The van der Waals surface area contributed by atoms with Gasteiger partial charge in [0.1, 0.15) is 5.75 Å². The summed E-state index contributed by atoms with van der Waals surface area (Å²) in [7, 11) is 0. The number of ether oxygens (including phenoxy) is 1. The first-order chi connectivity index (χ1) is 8.29. The molecule has 1 fully saturated rings. The molecule has 94 valence electrons. The third-order valence-electron chi connectivity index (χ3n) is 3.51. The number of hydrogen-bond donors (Lipinski definition) is 1. The Hall–Kier alpha value is -1.02. The van der Waals surface area contributed by atoms with Crippen LogP contribution in [0.5, 0.6) is 5.75 Å². The van der Waals surface area contributed by atoms with E-state index in [4.69, 9.17) is 4.74 Å². The number of benzene rings is 1. The molecule has 0 aliphatic heterocycles. The molecule has 2 nitrogen and oxygen atoms in total. The second-order valence-corrected chi connectivity index (χ2v) is 4.87. The molecule has 0 bridgehead atoms. The van der Waals surface area contributed by atoms with Crippen LogP contribution in [0.25, 0.3) is 0 Å². The van der Waals surface area contributed by atoms with Crippen molar-refractivity contribution < 1.29 is 9.84 Å². The van der Waals surface area contributed by atoms with Crippen LogP contribution >= 0.6 is 0 Å². The van der Waals surface area contributed by atoms with Gasteiger partial charge in [0.15, 0.2) is 0 Å². The van der Waals surface area contributed by atoms with Crippen LogP contribution in [-0.4, -0.2) is 11.2 Å². The summed E-state index contributed by atoms with van der Waals surface area (Å²) < 4.78 is 5.94. The molecule has 0 radical (unpaired) electrons. The first kappa shape index (κ1) is 12.4. The summed E-state index contributed by atoms with van der Waals surface area (Å²) in [6, 6.07) is 7.88. The molecule has 1 aliphatic rings. The topological polar surface area (TPSA) is 29.5 Å². The van der Waals surface area contributed by atoms with Gasteiger partial charge >= 0.3 is 0 Å². The van der Waals surface area contributed by atoms with Crippen LogP contribution in [0.1, 0.15) is 57.1 Å². The molecule has 0 unspecified atom stereocenters. The van der Waals surface area contributed by atoms with Gasteiger partial charge in [0, 0.05) is 0 Å². The minimum Gasteiger partial charge on any atom is -0.490 e. The van der Waals surface area contributed by atoms with E-state index in [0.29, 0.717) is 6.10 Å². The summed E-state index contributed by atoms with van der Waals surface area (Å²) in [5.74, 6) is 0.934. The van der Waals surface area contributed by atoms with Crippen molar-refractivity contribution in [3.8, 4) is 5.75 Å². The molecule has 0 spiro atoms. The van der Waals surface area contributed by atoms with Gasteiger partial charge in [0.05, 0.1) is 12.2 Å². The van der Waals surface area contributed by atoms with Crippen molar-refractivity contribution in [2.45, 2.75) is 57.7 Å². The smallest absolute Gasteiger partial charge is 0.119 e. The SMILES string of the molecule is CC[C@@H](O)c1ccc(OC2CCCCC2)cc1.